The van der Waals surface area contributed by atoms with Crippen molar-refractivity contribution in [1.82, 2.24) is 5.32 Å². The minimum Gasteiger partial charge on any atom is -0.322 e. The molecule has 0 saturated heterocycles. The maximum Gasteiger partial charge on any atom is 0.261 e. The number of hydrogen-bond donors (Lipinski definition) is 3. The second-order valence-corrected chi connectivity index (χ2v) is 7.20. The molecule has 0 fully saturated rings. The SMILES string of the molecule is CC1CCc2c(Cl)cccc2C=C1C(=O)NC=NN.CS(=O)(=O)O. The van der Waals surface area contributed by atoms with E-state index < -0.39 is 10.1 Å². The van der Waals surface area contributed by atoms with Crippen molar-refractivity contribution in [3.05, 3.63) is 39.9 Å². The Balaban J connectivity index is 0.000000505. The summed E-state index contributed by atoms with van der Waals surface area (Å²) in [6.07, 6.45) is 5.56. The summed E-state index contributed by atoms with van der Waals surface area (Å²) < 4.78 is 25.9. The zero-order valence-corrected chi connectivity index (χ0v) is 14.9. The van der Waals surface area contributed by atoms with Crippen molar-refractivity contribution in [2.45, 2.75) is 19.8 Å². The minimum atomic E-state index is -3.67. The molecule has 1 unspecified atom stereocenters. The van der Waals surface area contributed by atoms with E-state index in [1.807, 2.05) is 31.2 Å². The average molecular weight is 374 g/mol. The number of carbonyl (C=O) groups excluding carboxylic acids is 1. The second-order valence-electron chi connectivity index (χ2n) is 5.33. The van der Waals surface area contributed by atoms with Crippen molar-refractivity contribution >= 4 is 40.0 Å². The Kier molecular flexibility index (Phi) is 7.40. The molecule has 0 bridgehead atoms. The van der Waals surface area contributed by atoms with Crippen LogP contribution in [0.1, 0.15) is 24.5 Å². The molecule has 9 heteroatoms. The summed E-state index contributed by atoms with van der Waals surface area (Å²) in [7, 11) is -3.67. The van der Waals surface area contributed by atoms with Crippen molar-refractivity contribution < 1.29 is 17.8 Å². The number of benzene rings is 1. The monoisotopic (exact) mass is 373 g/mol. The second kappa shape index (κ2) is 8.81. The Hall–Kier alpha value is -1.90. The number of nitrogens with zero attached hydrogens (tertiary/aromatic N) is 1. The highest BCUT2D eigenvalue weighted by Crippen LogP contribution is 2.31. The zero-order chi connectivity index (χ0) is 18.3. The predicted molar refractivity (Wildman–Crippen MR) is 95.2 cm³/mol. The highest BCUT2D eigenvalue weighted by atomic mass is 35.5. The normalized spacial score (nSPS) is 17.2. The van der Waals surface area contributed by atoms with Crippen LogP contribution in [0.3, 0.4) is 0 Å². The third-order valence-corrected chi connectivity index (χ3v) is 3.71. The van der Waals surface area contributed by atoms with Crippen molar-refractivity contribution in [1.29, 1.82) is 0 Å². The van der Waals surface area contributed by atoms with E-state index in [4.69, 9.17) is 22.0 Å². The maximum absolute atomic E-state index is 12.1. The Morgan fingerprint density at radius 1 is 1.50 bits per heavy atom. The standard InChI is InChI=1S/C14H16ClN3O.CH4O3S/c1-9-5-6-11-10(3-2-4-13(11)15)7-12(9)14(19)17-8-18-16;1-5(2,3)4/h2-4,7-9H,5-6,16H2,1H3,(H,17,18,19);1H3,(H,2,3,4). The molecule has 132 valence electrons. The van der Waals surface area contributed by atoms with Gasteiger partial charge in [-0.1, -0.05) is 30.7 Å². The van der Waals surface area contributed by atoms with Crippen LogP contribution in [0, 0.1) is 5.92 Å². The fourth-order valence-corrected chi connectivity index (χ4v) is 2.55. The molecule has 0 aromatic heterocycles. The van der Waals surface area contributed by atoms with E-state index in [-0.39, 0.29) is 11.8 Å². The number of amides is 1. The van der Waals surface area contributed by atoms with Crippen molar-refractivity contribution in [3.8, 4) is 0 Å². The Labute approximate surface area is 146 Å². The van der Waals surface area contributed by atoms with Crippen molar-refractivity contribution in [3.63, 3.8) is 0 Å². The van der Waals surface area contributed by atoms with Crippen LogP contribution in [0.25, 0.3) is 6.08 Å². The van der Waals surface area contributed by atoms with Gasteiger partial charge in [0, 0.05) is 10.6 Å². The summed E-state index contributed by atoms with van der Waals surface area (Å²) in [6, 6.07) is 5.75. The molecule has 2 rings (SSSR count). The number of hydrogen-bond acceptors (Lipinski definition) is 5. The molecule has 1 atom stereocenters. The molecule has 0 aliphatic heterocycles. The first-order chi connectivity index (χ1) is 11.1. The largest absolute Gasteiger partial charge is 0.322 e. The number of halogens is 1. The summed E-state index contributed by atoms with van der Waals surface area (Å²) in [6.45, 7) is 2.03. The molecule has 0 saturated carbocycles. The van der Waals surface area contributed by atoms with Gasteiger partial charge in [0.2, 0.25) is 0 Å². The van der Waals surface area contributed by atoms with Gasteiger partial charge >= 0.3 is 0 Å². The molecule has 1 amide bonds. The first-order valence-corrected chi connectivity index (χ1v) is 9.30. The van der Waals surface area contributed by atoms with Gasteiger partial charge in [0.05, 0.1) is 6.26 Å². The quantitative estimate of drug-likeness (QED) is 0.240. The average Bonchev–Trinajstić information content (AvgIpc) is 2.63. The summed E-state index contributed by atoms with van der Waals surface area (Å²) in [5.41, 5.74) is 2.83. The van der Waals surface area contributed by atoms with E-state index in [9.17, 15) is 13.2 Å². The van der Waals surface area contributed by atoms with Crippen LogP contribution in [0.4, 0.5) is 0 Å². The van der Waals surface area contributed by atoms with Crippen molar-refractivity contribution in [2.75, 3.05) is 6.26 Å². The number of fused-ring (bicyclic) bond motifs is 1. The molecular weight excluding hydrogens is 354 g/mol. The summed E-state index contributed by atoms with van der Waals surface area (Å²) in [5.74, 6) is 4.98. The predicted octanol–water partition coefficient (Wildman–Crippen LogP) is 1.83. The summed E-state index contributed by atoms with van der Waals surface area (Å²) in [5, 5.41) is 6.58. The van der Waals surface area contributed by atoms with E-state index in [0.717, 1.165) is 34.6 Å². The van der Waals surface area contributed by atoms with E-state index in [2.05, 4.69) is 10.4 Å². The summed E-state index contributed by atoms with van der Waals surface area (Å²) in [4.78, 5) is 12.1. The van der Waals surface area contributed by atoms with E-state index in [1.54, 1.807) is 0 Å². The summed E-state index contributed by atoms with van der Waals surface area (Å²) >= 11 is 6.21. The Morgan fingerprint density at radius 3 is 2.71 bits per heavy atom. The van der Waals surface area contributed by atoms with Gasteiger partial charge in [-0.05, 0) is 42.0 Å². The lowest BCUT2D eigenvalue weighted by atomic mass is 9.96. The lowest BCUT2D eigenvalue weighted by Gasteiger charge is -2.11. The van der Waals surface area contributed by atoms with Crippen LogP contribution in [-0.2, 0) is 21.3 Å². The van der Waals surface area contributed by atoms with Gasteiger partial charge in [-0.2, -0.15) is 13.5 Å². The van der Waals surface area contributed by atoms with Crippen molar-refractivity contribution in [2.24, 2.45) is 16.9 Å². The molecule has 0 radical (unpaired) electrons. The molecule has 4 N–H and O–H groups in total. The fraction of sp³-hybridized carbons (Fsp3) is 0.333. The minimum absolute atomic E-state index is 0.162. The van der Waals surface area contributed by atoms with Crippen LogP contribution in [0.5, 0.6) is 0 Å². The number of carbonyl (C=O) groups is 1. The van der Waals surface area contributed by atoms with Gasteiger partial charge < -0.3 is 11.2 Å². The Morgan fingerprint density at radius 2 is 2.12 bits per heavy atom. The Bertz CT molecular complexity index is 752. The molecule has 0 spiro atoms. The van der Waals surface area contributed by atoms with Gasteiger partial charge in [-0.25, -0.2) is 0 Å². The van der Waals surface area contributed by atoms with Gasteiger partial charge in [0.1, 0.15) is 6.34 Å². The zero-order valence-electron chi connectivity index (χ0n) is 13.4. The molecule has 24 heavy (non-hydrogen) atoms. The third kappa shape index (κ3) is 6.69. The van der Waals surface area contributed by atoms with Gasteiger partial charge in [-0.15, -0.1) is 0 Å². The number of nitrogens with two attached hydrogens (primary N) is 1. The van der Waals surface area contributed by atoms with Gasteiger partial charge in [-0.3, -0.25) is 9.35 Å². The molecular formula is C15H20ClN3O4S. The molecule has 1 aromatic carbocycles. The van der Waals surface area contributed by atoms with E-state index in [0.29, 0.717) is 6.26 Å². The molecule has 7 nitrogen and oxygen atoms in total. The number of hydrazone groups is 1. The fourth-order valence-electron chi connectivity index (χ4n) is 2.27. The van der Waals surface area contributed by atoms with Crippen LogP contribution < -0.4 is 11.2 Å². The van der Waals surface area contributed by atoms with Gasteiger partial charge in [0.15, 0.2) is 0 Å². The lowest BCUT2D eigenvalue weighted by Crippen LogP contribution is -2.26. The number of rotatable bonds is 2. The highest BCUT2D eigenvalue weighted by molar-refractivity contribution is 7.85. The van der Waals surface area contributed by atoms with Crippen LogP contribution in [0.2, 0.25) is 5.02 Å². The van der Waals surface area contributed by atoms with Crippen LogP contribution in [0.15, 0.2) is 28.9 Å². The topological polar surface area (TPSA) is 122 Å². The first kappa shape index (κ1) is 20.1. The third-order valence-electron chi connectivity index (χ3n) is 3.36. The molecule has 1 aliphatic rings. The van der Waals surface area contributed by atoms with E-state index >= 15 is 0 Å². The first-order valence-electron chi connectivity index (χ1n) is 7.07. The van der Waals surface area contributed by atoms with Gasteiger partial charge in [0.25, 0.3) is 16.0 Å². The maximum atomic E-state index is 12.1. The van der Waals surface area contributed by atoms with E-state index in [1.165, 1.54) is 6.34 Å². The highest BCUT2D eigenvalue weighted by Gasteiger charge is 2.21. The molecule has 0 heterocycles. The molecule has 1 aliphatic carbocycles. The smallest absolute Gasteiger partial charge is 0.261 e. The lowest BCUT2D eigenvalue weighted by molar-refractivity contribution is -0.116. The number of nitrogens with one attached hydrogen (secondary N) is 1. The molecule has 1 aromatic rings. The van der Waals surface area contributed by atoms with Crippen LogP contribution >= 0.6 is 11.6 Å². The van der Waals surface area contributed by atoms with Crippen LogP contribution in [-0.4, -0.2) is 31.5 Å².